The molecule has 0 spiro atoms. The SMILES string of the molecule is Cc1c(Cl)cccc1N=Cc1c(C)c(C#N)c(=O)n(CC2CCCO2)c1O. The molecule has 1 aromatic heterocycles. The molecule has 1 fully saturated rings. The average Bonchev–Trinajstić information content (AvgIpc) is 3.15. The van der Waals surface area contributed by atoms with Crippen molar-refractivity contribution >= 4 is 23.5 Å². The van der Waals surface area contributed by atoms with E-state index in [9.17, 15) is 15.2 Å². The van der Waals surface area contributed by atoms with Gasteiger partial charge >= 0.3 is 0 Å². The zero-order chi connectivity index (χ0) is 19.6. The minimum absolute atomic E-state index is 0.00457. The molecule has 0 bridgehead atoms. The minimum Gasteiger partial charge on any atom is -0.494 e. The van der Waals surface area contributed by atoms with Gasteiger partial charge in [0.25, 0.3) is 5.56 Å². The van der Waals surface area contributed by atoms with Crippen LogP contribution in [-0.2, 0) is 11.3 Å². The van der Waals surface area contributed by atoms with Crippen LogP contribution in [0.4, 0.5) is 5.69 Å². The number of aromatic hydroxyl groups is 1. The van der Waals surface area contributed by atoms with E-state index < -0.39 is 5.56 Å². The van der Waals surface area contributed by atoms with Crippen LogP contribution >= 0.6 is 11.6 Å². The highest BCUT2D eigenvalue weighted by Gasteiger charge is 2.23. The van der Waals surface area contributed by atoms with E-state index in [0.29, 0.717) is 28.4 Å². The third kappa shape index (κ3) is 3.75. The number of hydrogen-bond acceptors (Lipinski definition) is 5. The van der Waals surface area contributed by atoms with Crippen LogP contribution < -0.4 is 5.56 Å². The summed E-state index contributed by atoms with van der Waals surface area (Å²) >= 11 is 6.12. The normalized spacial score (nSPS) is 16.7. The maximum Gasteiger partial charge on any atom is 0.271 e. The zero-order valence-electron chi connectivity index (χ0n) is 15.2. The first-order valence-electron chi connectivity index (χ1n) is 8.71. The lowest BCUT2D eigenvalue weighted by Gasteiger charge is -2.17. The first kappa shape index (κ1) is 19.2. The van der Waals surface area contributed by atoms with Gasteiger partial charge in [-0.05, 0) is 49.9 Å². The molecule has 3 rings (SSSR count). The highest BCUT2D eigenvalue weighted by Crippen LogP contribution is 2.27. The zero-order valence-corrected chi connectivity index (χ0v) is 16.0. The molecule has 0 radical (unpaired) electrons. The summed E-state index contributed by atoms with van der Waals surface area (Å²) in [6.07, 6.45) is 3.05. The molecule has 1 unspecified atom stereocenters. The molecule has 1 N–H and O–H groups in total. The number of aliphatic imine (C=N–C) groups is 1. The van der Waals surface area contributed by atoms with Crippen LogP contribution in [0.2, 0.25) is 5.02 Å². The first-order valence-corrected chi connectivity index (χ1v) is 9.09. The van der Waals surface area contributed by atoms with Crippen LogP contribution in [0.25, 0.3) is 0 Å². The van der Waals surface area contributed by atoms with Crippen LogP contribution in [0.1, 0.15) is 35.1 Å². The summed E-state index contributed by atoms with van der Waals surface area (Å²) in [6, 6.07) is 7.31. The second-order valence-electron chi connectivity index (χ2n) is 6.54. The van der Waals surface area contributed by atoms with E-state index >= 15 is 0 Å². The van der Waals surface area contributed by atoms with Gasteiger partial charge in [-0.2, -0.15) is 5.26 Å². The van der Waals surface area contributed by atoms with Crippen molar-refractivity contribution < 1.29 is 9.84 Å². The summed E-state index contributed by atoms with van der Waals surface area (Å²) < 4.78 is 6.77. The summed E-state index contributed by atoms with van der Waals surface area (Å²) in [6.45, 7) is 4.32. The van der Waals surface area contributed by atoms with Crippen molar-refractivity contribution in [2.24, 2.45) is 4.99 Å². The van der Waals surface area contributed by atoms with Gasteiger partial charge in [-0.3, -0.25) is 14.4 Å². The van der Waals surface area contributed by atoms with Gasteiger partial charge in [0.1, 0.15) is 11.6 Å². The third-order valence-electron chi connectivity index (χ3n) is 4.83. The van der Waals surface area contributed by atoms with Crippen molar-refractivity contribution in [1.82, 2.24) is 4.57 Å². The molecule has 27 heavy (non-hydrogen) atoms. The van der Waals surface area contributed by atoms with Crippen LogP contribution in [0.3, 0.4) is 0 Å². The highest BCUT2D eigenvalue weighted by atomic mass is 35.5. The Bertz CT molecular complexity index is 999. The van der Waals surface area contributed by atoms with Crippen molar-refractivity contribution in [3.05, 3.63) is 55.8 Å². The first-order chi connectivity index (χ1) is 12.9. The van der Waals surface area contributed by atoms with E-state index in [1.807, 2.05) is 13.0 Å². The number of rotatable bonds is 4. The smallest absolute Gasteiger partial charge is 0.271 e. The molecule has 2 aromatic rings. The van der Waals surface area contributed by atoms with Gasteiger partial charge in [-0.25, -0.2) is 0 Å². The number of aromatic nitrogens is 1. The van der Waals surface area contributed by atoms with Crippen molar-refractivity contribution in [1.29, 1.82) is 5.26 Å². The quantitative estimate of drug-likeness (QED) is 0.814. The fourth-order valence-corrected chi connectivity index (χ4v) is 3.33. The second-order valence-corrected chi connectivity index (χ2v) is 6.95. The number of nitriles is 1. The van der Waals surface area contributed by atoms with Gasteiger partial charge in [0, 0.05) is 17.8 Å². The van der Waals surface area contributed by atoms with Crippen molar-refractivity contribution in [2.45, 2.75) is 39.3 Å². The molecule has 1 atom stereocenters. The molecule has 1 aliphatic heterocycles. The maximum absolute atomic E-state index is 12.6. The summed E-state index contributed by atoms with van der Waals surface area (Å²) in [5.41, 5.74) is 1.67. The van der Waals surface area contributed by atoms with Gasteiger partial charge in [-0.15, -0.1) is 0 Å². The summed E-state index contributed by atoms with van der Waals surface area (Å²) in [7, 11) is 0. The van der Waals surface area contributed by atoms with Gasteiger partial charge in [0.05, 0.1) is 23.9 Å². The molecule has 0 aliphatic carbocycles. The van der Waals surface area contributed by atoms with Crippen LogP contribution in [-0.4, -0.2) is 28.6 Å². The standard InChI is InChI=1S/C20H20ClN3O3/c1-12-15(9-22)19(25)24(11-14-5-4-8-27-14)20(26)16(12)10-23-18-7-3-6-17(21)13(18)2/h3,6-7,10,14,26H,4-5,8,11H2,1-2H3. The van der Waals surface area contributed by atoms with Crippen molar-refractivity contribution in [3.63, 3.8) is 0 Å². The molecule has 0 amide bonds. The minimum atomic E-state index is -0.515. The van der Waals surface area contributed by atoms with E-state index in [-0.39, 0.29) is 24.1 Å². The molecule has 0 saturated carbocycles. The second kappa shape index (κ2) is 7.95. The van der Waals surface area contributed by atoms with Crippen LogP contribution in [0, 0.1) is 25.2 Å². The number of halogens is 1. The number of nitrogens with zero attached hydrogens (tertiary/aromatic N) is 3. The molecule has 1 saturated heterocycles. The Morgan fingerprint density at radius 1 is 1.44 bits per heavy atom. The molecular weight excluding hydrogens is 366 g/mol. The molecule has 6 nitrogen and oxygen atoms in total. The lowest BCUT2D eigenvalue weighted by atomic mass is 10.1. The monoisotopic (exact) mass is 385 g/mol. The Morgan fingerprint density at radius 2 is 2.22 bits per heavy atom. The molecule has 140 valence electrons. The topological polar surface area (TPSA) is 87.6 Å². The predicted octanol–water partition coefficient (Wildman–Crippen LogP) is 3.63. The summed E-state index contributed by atoms with van der Waals surface area (Å²) in [5, 5.41) is 20.7. The van der Waals surface area contributed by atoms with E-state index in [4.69, 9.17) is 16.3 Å². The van der Waals surface area contributed by atoms with Gasteiger partial charge < -0.3 is 9.84 Å². The number of benzene rings is 1. The van der Waals surface area contributed by atoms with E-state index in [1.165, 1.54) is 10.8 Å². The van der Waals surface area contributed by atoms with Crippen molar-refractivity contribution in [3.8, 4) is 11.9 Å². The lowest BCUT2D eigenvalue weighted by Crippen LogP contribution is -2.29. The van der Waals surface area contributed by atoms with E-state index in [1.54, 1.807) is 25.1 Å². The Labute approximate surface area is 162 Å². The summed E-state index contributed by atoms with van der Waals surface area (Å²) in [5.74, 6) is -0.213. The Kier molecular flexibility index (Phi) is 5.64. The Morgan fingerprint density at radius 3 is 2.89 bits per heavy atom. The van der Waals surface area contributed by atoms with Crippen molar-refractivity contribution in [2.75, 3.05) is 6.61 Å². The van der Waals surface area contributed by atoms with Gasteiger partial charge in [0.2, 0.25) is 5.88 Å². The van der Waals surface area contributed by atoms with Crippen LogP contribution in [0.5, 0.6) is 5.88 Å². The third-order valence-corrected chi connectivity index (χ3v) is 5.24. The summed E-state index contributed by atoms with van der Waals surface area (Å²) in [4.78, 5) is 17.0. The van der Waals surface area contributed by atoms with E-state index in [0.717, 1.165) is 18.4 Å². The largest absolute Gasteiger partial charge is 0.494 e. The van der Waals surface area contributed by atoms with E-state index in [2.05, 4.69) is 4.99 Å². The molecule has 1 aromatic carbocycles. The Hall–Kier alpha value is -2.62. The number of pyridine rings is 1. The molecule has 7 heteroatoms. The fourth-order valence-electron chi connectivity index (χ4n) is 3.16. The molecule has 2 heterocycles. The fraction of sp³-hybridized carbons (Fsp3) is 0.350. The van der Waals surface area contributed by atoms with Gasteiger partial charge in [0.15, 0.2) is 0 Å². The molecular formula is C20H20ClN3O3. The predicted molar refractivity (Wildman–Crippen MR) is 104 cm³/mol. The highest BCUT2D eigenvalue weighted by molar-refractivity contribution is 6.31. The van der Waals surface area contributed by atoms with Crippen LogP contribution in [0.15, 0.2) is 28.0 Å². The maximum atomic E-state index is 12.6. The van der Waals surface area contributed by atoms with Gasteiger partial charge in [-0.1, -0.05) is 17.7 Å². The lowest BCUT2D eigenvalue weighted by molar-refractivity contribution is 0.0938. The Balaban J connectivity index is 2.08. The number of hydrogen-bond donors (Lipinski definition) is 1. The number of ether oxygens (including phenoxy) is 1. The average molecular weight is 386 g/mol. The molecule has 1 aliphatic rings.